The Labute approximate surface area is 129 Å². The van der Waals surface area contributed by atoms with Crippen LogP contribution in [0.15, 0.2) is 29.3 Å². The van der Waals surface area contributed by atoms with Crippen LogP contribution >= 0.6 is 0 Å². The Morgan fingerprint density at radius 1 is 1.18 bits per heavy atom. The summed E-state index contributed by atoms with van der Waals surface area (Å²) in [6, 6.07) is 7.19. The van der Waals surface area contributed by atoms with Crippen LogP contribution in [0.4, 0.5) is 13.2 Å². The van der Waals surface area contributed by atoms with E-state index in [2.05, 4.69) is 15.0 Å². The highest BCUT2D eigenvalue weighted by Gasteiger charge is 2.27. The van der Waals surface area contributed by atoms with Crippen LogP contribution in [-0.4, -0.2) is 44.3 Å². The van der Waals surface area contributed by atoms with Gasteiger partial charge in [0.15, 0.2) is 5.96 Å². The molecule has 124 valence electrons. The number of nitrogens with zero attached hydrogens (tertiary/aromatic N) is 2. The molecule has 0 spiro atoms. The summed E-state index contributed by atoms with van der Waals surface area (Å²) in [7, 11) is 3.81. The molecule has 1 rings (SSSR count). The zero-order chi connectivity index (χ0) is 16.6. The van der Waals surface area contributed by atoms with Gasteiger partial charge >= 0.3 is 6.18 Å². The fourth-order valence-corrected chi connectivity index (χ4v) is 1.71. The summed E-state index contributed by atoms with van der Waals surface area (Å²) in [4.78, 5) is 6.35. The van der Waals surface area contributed by atoms with Crippen molar-refractivity contribution in [1.29, 1.82) is 0 Å². The van der Waals surface area contributed by atoms with Gasteiger partial charge in [0.25, 0.3) is 0 Å². The van der Waals surface area contributed by atoms with E-state index < -0.39 is 12.8 Å². The molecular formula is C15H22F3N3O. The molecule has 0 atom stereocenters. The molecule has 0 aliphatic carbocycles. The Balaban J connectivity index is 2.52. The van der Waals surface area contributed by atoms with Crippen LogP contribution in [0, 0.1) is 0 Å². The minimum Gasteiger partial charge on any atom is -0.367 e. The third kappa shape index (κ3) is 7.31. The molecule has 0 saturated carbocycles. The summed E-state index contributed by atoms with van der Waals surface area (Å²) in [5, 5.41) is 3.16. The summed E-state index contributed by atoms with van der Waals surface area (Å²) < 4.78 is 40.5. The summed E-state index contributed by atoms with van der Waals surface area (Å²) in [6.07, 6.45) is -4.29. The van der Waals surface area contributed by atoms with Crippen molar-refractivity contribution in [3.63, 3.8) is 0 Å². The maximum Gasteiger partial charge on any atom is 0.411 e. The second kappa shape index (κ2) is 8.63. The molecular weight excluding hydrogens is 295 g/mol. The highest BCUT2D eigenvalue weighted by molar-refractivity contribution is 5.79. The molecule has 1 N–H and O–H groups in total. The molecule has 7 heteroatoms. The zero-order valence-electron chi connectivity index (χ0n) is 13.1. The first-order chi connectivity index (χ1) is 10.3. The van der Waals surface area contributed by atoms with Gasteiger partial charge < -0.3 is 15.0 Å². The van der Waals surface area contributed by atoms with Gasteiger partial charge in [-0.1, -0.05) is 24.3 Å². The van der Waals surface area contributed by atoms with Crippen molar-refractivity contribution in [3.05, 3.63) is 35.4 Å². The Morgan fingerprint density at radius 3 is 2.27 bits per heavy atom. The molecule has 0 unspecified atom stereocenters. The van der Waals surface area contributed by atoms with Crippen LogP contribution in [0.2, 0.25) is 0 Å². The lowest BCUT2D eigenvalue weighted by Gasteiger charge is -2.16. The molecule has 0 amide bonds. The second-order valence-corrected chi connectivity index (χ2v) is 4.99. The molecule has 0 fully saturated rings. The number of halogens is 3. The summed E-state index contributed by atoms with van der Waals surface area (Å²) in [6.45, 7) is 2.00. The van der Waals surface area contributed by atoms with Crippen LogP contribution in [0.3, 0.4) is 0 Å². The van der Waals surface area contributed by atoms with Gasteiger partial charge in [0, 0.05) is 20.6 Å². The second-order valence-electron chi connectivity index (χ2n) is 4.99. The van der Waals surface area contributed by atoms with Gasteiger partial charge in [-0.2, -0.15) is 13.2 Å². The average Bonchev–Trinajstić information content (AvgIpc) is 2.43. The minimum atomic E-state index is -4.29. The first-order valence-corrected chi connectivity index (χ1v) is 6.99. The molecule has 0 aliphatic rings. The van der Waals surface area contributed by atoms with Crippen molar-refractivity contribution in [2.75, 3.05) is 27.2 Å². The lowest BCUT2D eigenvalue weighted by atomic mass is 10.1. The predicted octanol–water partition coefficient (Wildman–Crippen LogP) is 2.79. The minimum absolute atomic E-state index is 0.0522. The Morgan fingerprint density at radius 2 is 1.77 bits per heavy atom. The normalized spacial score (nSPS) is 12.4. The van der Waals surface area contributed by atoms with Crippen LogP contribution in [0.1, 0.15) is 18.1 Å². The van der Waals surface area contributed by atoms with Crippen LogP contribution in [0.25, 0.3) is 0 Å². The first-order valence-electron chi connectivity index (χ1n) is 6.99. The predicted molar refractivity (Wildman–Crippen MR) is 80.7 cm³/mol. The third-order valence-electron chi connectivity index (χ3n) is 2.73. The first kappa shape index (κ1) is 18.3. The number of aliphatic imine (C=N–C) groups is 1. The van der Waals surface area contributed by atoms with E-state index in [1.165, 1.54) is 0 Å². The molecule has 0 heterocycles. The van der Waals surface area contributed by atoms with Crippen molar-refractivity contribution >= 4 is 5.96 Å². The monoisotopic (exact) mass is 317 g/mol. The highest BCUT2D eigenvalue weighted by atomic mass is 19.4. The topological polar surface area (TPSA) is 36.9 Å². The fraction of sp³-hybridized carbons (Fsp3) is 0.533. The molecule has 22 heavy (non-hydrogen) atoms. The summed E-state index contributed by atoms with van der Waals surface area (Å²) in [5.41, 5.74) is 1.69. The number of ether oxygens (including phenoxy) is 1. The number of rotatable bonds is 6. The van der Waals surface area contributed by atoms with E-state index in [9.17, 15) is 13.2 Å². The van der Waals surface area contributed by atoms with Crippen LogP contribution in [0.5, 0.6) is 0 Å². The number of alkyl halides is 3. The van der Waals surface area contributed by atoms with Gasteiger partial charge in [-0.15, -0.1) is 0 Å². The van der Waals surface area contributed by atoms with Crippen molar-refractivity contribution in [1.82, 2.24) is 10.2 Å². The molecule has 0 saturated heterocycles. The Bertz CT molecular complexity index is 470. The fourth-order valence-electron chi connectivity index (χ4n) is 1.71. The lowest BCUT2D eigenvalue weighted by Crippen LogP contribution is -2.36. The van der Waals surface area contributed by atoms with Gasteiger partial charge in [0.2, 0.25) is 0 Å². The standard InChI is InChI=1S/C15H22F3N3O/c1-4-19-14(21(2)3)20-9-12-5-7-13(8-6-12)10-22-11-15(16,17)18/h5-8H,4,9-11H2,1-3H3,(H,19,20). The van der Waals surface area contributed by atoms with Crippen LogP contribution < -0.4 is 5.32 Å². The van der Waals surface area contributed by atoms with Crippen molar-refractivity contribution in [3.8, 4) is 0 Å². The maximum atomic E-state index is 12.0. The van der Waals surface area contributed by atoms with Crippen molar-refractivity contribution in [2.24, 2.45) is 4.99 Å². The van der Waals surface area contributed by atoms with E-state index in [-0.39, 0.29) is 6.61 Å². The van der Waals surface area contributed by atoms with E-state index in [1.54, 1.807) is 12.1 Å². The zero-order valence-corrected chi connectivity index (χ0v) is 13.1. The Kier molecular flexibility index (Phi) is 7.17. The molecule has 0 aromatic heterocycles. The number of hydrogen-bond donors (Lipinski definition) is 1. The van der Waals surface area contributed by atoms with E-state index in [0.29, 0.717) is 12.1 Å². The van der Waals surface area contributed by atoms with E-state index in [1.807, 2.05) is 38.1 Å². The van der Waals surface area contributed by atoms with E-state index in [0.717, 1.165) is 18.1 Å². The van der Waals surface area contributed by atoms with Gasteiger partial charge in [0.1, 0.15) is 6.61 Å². The largest absolute Gasteiger partial charge is 0.411 e. The number of guanidine groups is 1. The van der Waals surface area contributed by atoms with E-state index in [4.69, 9.17) is 0 Å². The van der Waals surface area contributed by atoms with Gasteiger partial charge in [-0.25, -0.2) is 4.99 Å². The van der Waals surface area contributed by atoms with Gasteiger partial charge in [-0.05, 0) is 18.1 Å². The van der Waals surface area contributed by atoms with E-state index >= 15 is 0 Å². The number of benzene rings is 1. The van der Waals surface area contributed by atoms with Crippen molar-refractivity contribution < 1.29 is 17.9 Å². The number of hydrogen-bond acceptors (Lipinski definition) is 2. The smallest absolute Gasteiger partial charge is 0.367 e. The highest BCUT2D eigenvalue weighted by Crippen LogP contribution is 2.16. The lowest BCUT2D eigenvalue weighted by molar-refractivity contribution is -0.176. The SMILES string of the molecule is CCNC(=NCc1ccc(COCC(F)(F)F)cc1)N(C)C. The molecule has 0 bridgehead atoms. The quantitative estimate of drug-likeness (QED) is 0.647. The van der Waals surface area contributed by atoms with Gasteiger partial charge in [-0.3, -0.25) is 0 Å². The molecule has 4 nitrogen and oxygen atoms in total. The third-order valence-corrected chi connectivity index (χ3v) is 2.73. The summed E-state index contributed by atoms with van der Waals surface area (Å²) >= 11 is 0. The Hall–Kier alpha value is -1.76. The molecule has 0 aliphatic heterocycles. The maximum absolute atomic E-state index is 12.0. The van der Waals surface area contributed by atoms with Gasteiger partial charge in [0.05, 0.1) is 13.2 Å². The molecule has 0 radical (unpaired) electrons. The van der Waals surface area contributed by atoms with Crippen LogP contribution in [-0.2, 0) is 17.9 Å². The average molecular weight is 317 g/mol. The molecule has 1 aromatic rings. The molecule has 1 aromatic carbocycles. The van der Waals surface area contributed by atoms with Crippen molar-refractivity contribution in [2.45, 2.75) is 26.3 Å². The summed E-state index contributed by atoms with van der Waals surface area (Å²) in [5.74, 6) is 0.792. The number of nitrogens with one attached hydrogen (secondary N) is 1.